The fourth-order valence-electron chi connectivity index (χ4n) is 2.62. The van der Waals surface area contributed by atoms with Gasteiger partial charge in [-0.2, -0.15) is 0 Å². The summed E-state index contributed by atoms with van der Waals surface area (Å²) in [5, 5.41) is 0.630. The number of nitrogens with zero attached hydrogens (tertiary/aromatic N) is 1. The maximum Gasteiger partial charge on any atom is 0.293 e. The molecule has 0 aliphatic carbocycles. The summed E-state index contributed by atoms with van der Waals surface area (Å²) in [6, 6.07) is 10.6. The van der Waals surface area contributed by atoms with Crippen molar-refractivity contribution in [2.45, 2.75) is 6.61 Å². The summed E-state index contributed by atoms with van der Waals surface area (Å²) in [4.78, 5) is 25.8. The molecular formula is C21H17Cl2NO4S. The van der Waals surface area contributed by atoms with Crippen molar-refractivity contribution in [1.29, 1.82) is 0 Å². The standard InChI is InChI=1S/C21H17Cl2NO4S/c1-3-8-24-20(25)19(29-21(24)26)11-13-5-7-17(18(10-13)27-2)28-12-14-4-6-15(22)16(23)9-14/h3-7,9-11H,1,8,12H2,2H3/b19-11+. The van der Waals surface area contributed by atoms with E-state index in [1.165, 1.54) is 13.2 Å². The monoisotopic (exact) mass is 449 g/mol. The summed E-state index contributed by atoms with van der Waals surface area (Å²) >= 11 is 12.9. The minimum Gasteiger partial charge on any atom is -0.493 e. The summed E-state index contributed by atoms with van der Waals surface area (Å²) < 4.78 is 11.2. The number of ether oxygens (including phenoxy) is 2. The van der Waals surface area contributed by atoms with Crippen LogP contribution in [0.5, 0.6) is 11.5 Å². The van der Waals surface area contributed by atoms with E-state index in [9.17, 15) is 9.59 Å². The van der Waals surface area contributed by atoms with Crippen molar-refractivity contribution < 1.29 is 19.1 Å². The van der Waals surface area contributed by atoms with Gasteiger partial charge in [0.15, 0.2) is 11.5 Å². The number of rotatable bonds is 7. The molecule has 0 N–H and O–H groups in total. The third-order valence-electron chi connectivity index (χ3n) is 4.05. The minimum atomic E-state index is -0.334. The second-order valence-electron chi connectivity index (χ2n) is 6.03. The molecule has 0 aromatic heterocycles. The molecule has 1 fully saturated rings. The molecule has 1 saturated heterocycles. The van der Waals surface area contributed by atoms with Gasteiger partial charge in [0.2, 0.25) is 0 Å². The van der Waals surface area contributed by atoms with Crippen LogP contribution in [0.15, 0.2) is 54.0 Å². The Hall–Kier alpha value is -2.41. The highest BCUT2D eigenvalue weighted by Gasteiger charge is 2.34. The van der Waals surface area contributed by atoms with Crippen LogP contribution in [0, 0.1) is 0 Å². The number of imide groups is 1. The smallest absolute Gasteiger partial charge is 0.293 e. The van der Waals surface area contributed by atoms with Crippen LogP contribution >= 0.6 is 35.0 Å². The molecule has 0 bridgehead atoms. The fraction of sp³-hybridized carbons (Fsp3) is 0.143. The SMILES string of the molecule is C=CCN1C(=O)S/C(=C/c2ccc(OCc3ccc(Cl)c(Cl)c3)c(OC)c2)C1=O. The van der Waals surface area contributed by atoms with Crippen molar-refractivity contribution in [2.75, 3.05) is 13.7 Å². The highest BCUT2D eigenvalue weighted by molar-refractivity contribution is 8.18. The quantitative estimate of drug-likeness (QED) is 0.394. The van der Waals surface area contributed by atoms with Gasteiger partial charge in [0, 0.05) is 6.54 Å². The van der Waals surface area contributed by atoms with Crippen LogP contribution in [-0.4, -0.2) is 29.7 Å². The molecule has 2 aromatic rings. The zero-order valence-electron chi connectivity index (χ0n) is 15.5. The van der Waals surface area contributed by atoms with Crippen LogP contribution in [-0.2, 0) is 11.4 Å². The van der Waals surface area contributed by atoms with E-state index in [1.54, 1.807) is 36.4 Å². The molecule has 29 heavy (non-hydrogen) atoms. The van der Waals surface area contributed by atoms with Crippen molar-refractivity contribution in [3.63, 3.8) is 0 Å². The molecule has 5 nitrogen and oxygen atoms in total. The first-order valence-electron chi connectivity index (χ1n) is 8.54. The lowest BCUT2D eigenvalue weighted by atomic mass is 10.1. The van der Waals surface area contributed by atoms with Crippen LogP contribution in [0.3, 0.4) is 0 Å². The molecular weight excluding hydrogens is 433 g/mol. The molecule has 0 radical (unpaired) electrons. The minimum absolute atomic E-state index is 0.187. The van der Waals surface area contributed by atoms with E-state index in [2.05, 4.69) is 6.58 Å². The predicted molar refractivity (Wildman–Crippen MR) is 117 cm³/mol. The maximum absolute atomic E-state index is 12.3. The van der Waals surface area contributed by atoms with Crippen molar-refractivity contribution >= 4 is 52.2 Å². The molecule has 2 aromatic carbocycles. The number of halogens is 2. The maximum atomic E-state index is 12.3. The molecule has 1 aliphatic rings. The average molecular weight is 450 g/mol. The van der Waals surface area contributed by atoms with E-state index in [0.29, 0.717) is 32.0 Å². The van der Waals surface area contributed by atoms with E-state index in [4.69, 9.17) is 32.7 Å². The lowest BCUT2D eigenvalue weighted by molar-refractivity contribution is -0.122. The molecule has 0 atom stereocenters. The molecule has 3 rings (SSSR count). The summed E-state index contributed by atoms with van der Waals surface area (Å²) in [7, 11) is 1.53. The van der Waals surface area contributed by atoms with E-state index in [0.717, 1.165) is 22.2 Å². The average Bonchev–Trinajstić information content (AvgIpc) is 2.97. The van der Waals surface area contributed by atoms with Gasteiger partial charge in [-0.05, 0) is 53.2 Å². The highest BCUT2D eigenvalue weighted by Crippen LogP contribution is 2.35. The Morgan fingerprint density at radius 2 is 1.90 bits per heavy atom. The summed E-state index contributed by atoms with van der Waals surface area (Å²) in [6.07, 6.45) is 3.17. The number of methoxy groups -OCH3 is 1. The first-order valence-corrected chi connectivity index (χ1v) is 10.1. The van der Waals surface area contributed by atoms with Crippen LogP contribution in [0.2, 0.25) is 10.0 Å². The van der Waals surface area contributed by atoms with Crippen molar-refractivity contribution in [2.24, 2.45) is 0 Å². The van der Waals surface area contributed by atoms with Gasteiger partial charge in [-0.15, -0.1) is 6.58 Å². The molecule has 150 valence electrons. The van der Waals surface area contributed by atoms with Gasteiger partial charge >= 0.3 is 0 Å². The second kappa shape index (κ2) is 9.39. The Bertz CT molecular complexity index is 1010. The molecule has 0 unspecified atom stereocenters. The van der Waals surface area contributed by atoms with Gasteiger partial charge < -0.3 is 9.47 Å². The molecule has 1 heterocycles. The number of carbonyl (C=O) groups excluding carboxylic acids is 2. The zero-order valence-corrected chi connectivity index (χ0v) is 17.8. The Morgan fingerprint density at radius 1 is 1.10 bits per heavy atom. The second-order valence-corrected chi connectivity index (χ2v) is 7.84. The molecule has 1 aliphatic heterocycles. The first kappa shape index (κ1) is 21.3. The molecule has 0 saturated carbocycles. The Labute approximate surface area is 182 Å². The number of hydrogen-bond acceptors (Lipinski definition) is 5. The van der Waals surface area contributed by atoms with Gasteiger partial charge in [0.05, 0.1) is 22.1 Å². The van der Waals surface area contributed by atoms with E-state index in [1.807, 2.05) is 6.07 Å². The van der Waals surface area contributed by atoms with Crippen LogP contribution in [0.4, 0.5) is 4.79 Å². The van der Waals surface area contributed by atoms with Crippen LogP contribution in [0.25, 0.3) is 6.08 Å². The summed E-state index contributed by atoms with van der Waals surface area (Å²) in [5.41, 5.74) is 1.58. The molecule has 0 spiro atoms. The van der Waals surface area contributed by atoms with Crippen molar-refractivity contribution in [3.8, 4) is 11.5 Å². The number of carbonyl (C=O) groups is 2. The Kier molecular flexibility index (Phi) is 6.90. The molecule has 2 amide bonds. The van der Waals surface area contributed by atoms with Crippen LogP contribution in [0.1, 0.15) is 11.1 Å². The van der Waals surface area contributed by atoms with E-state index >= 15 is 0 Å². The van der Waals surface area contributed by atoms with Gasteiger partial charge in [0.1, 0.15) is 6.61 Å². The zero-order chi connectivity index (χ0) is 21.0. The fourth-order valence-corrected chi connectivity index (χ4v) is 3.79. The van der Waals surface area contributed by atoms with E-state index in [-0.39, 0.29) is 24.3 Å². The summed E-state index contributed by atoms with van der Waals surface area (Å²) in [6.45, 7) is 4.04. The highest BCUT2D eigenvalue weighted by atomic mass is 35.5. The van der Waals surface area contributed by atoms with Gasteiger partial charge in [-0.25, -0.2) is 0 Å². The van der Waals surface area contributed by atoms with Crippen LogP contribution < -0.4 is 9.47 Å². The Balaban J connectivity index is 1.76. The Morgan fingerprint density at radius 3 is 2.59 bits per heavy atom. The van der Waals surface area contributed by atoms with Crippen molar-refractivity contribution in [3.05, 3.63) is 75.1 Å². The third-order valence-corrected chi connectivity index (χ3v) is 5.70. The first-order chi connectivity index (χ1) is 13.9. The lowest BCUT2D eigenvalue weighted by Gasteiger charge is -2.12. The van der Waals surface area contributed by atoms with E-state index < -0.39 is 0 Å². The number of amides is 2. The third kappa shape index (κ3) is 4.96. The number of thioether (sulfide) groups is 1. The predicted octanol–water partition coefficient (Wildman–Crippen LogP) is 5.80. The lowest BCUT2D eigenvalue weighted by Crippen LogP contribution is -2.27. The normalized spacial score (nSPS) is 15.1. The van der Waals surface area contributed by atoms with Gasteiger partial charge in [-0.3, -0.25) is 14.5 Å². The molecule has 8 heteroatoms. The van der Waals surface area contributed by atoms with Gasteiger partial charge in [-0.1, -0.05) is 41.4 Å². The number of benzene rings is 2. The largest absolute Gasteiger partial charge is 0.493 e. The number of hydrogen-bond donors (Lipinski definition) is 0. The topological polar surface area (TPSA) is 55.8 Å². The van der Waals surface area contributed by atoms with Gasteiger partial charge in [0.25, 0.3) is 11.1 Å². The van der Waals surface area contributed by atoms with Crippen molar-refractivity contribution in [1.82, 2.24) is 4.90 Å². The summed E-state index contributed by atoms with van der Waals surface area (Å²) in [5.74, 6) is 0.707.